The number of carbonyl (C=O) groups is 1. The van der Waals surface area contributed by atoms with Crippen molar-refractivity contribution in [3.05, 3.63) is 100 Å². The Balaban J connectivity index is 1.50. The molecular formula is C27H24ClNO6S. The molecule has 0 radical (unpaired) electrons. The number of halogens is 1. The quantitative estimate of drug-likeness (QED) is 0.293. The Labute approximate surface area is 214 Å². The van der Waals surface area contributed by atoms with E-state index in [0.717, 1.165) is 11.1 Å². The van der Waals surface area contributed by atoms with E-state index in [1.165, 1.54) is 55.6 Å². The van der Waals surface area contributed by atoms with Gasteiger partial charge >= 0.3 is 0 Å². The molecule has 0 aliphatic rings. The van der Waals surface area contributed by atoms with Crippen molar-refractivity contribution in [2.45, 2.75) is 30.2 Å². The van der Waals surface area contributed by atoms with Crippen LogP contribution in [0.1, 0.15) is 27.4 Å². The lowest BCUT2D eigenvalue weighted by atomic mass is 10.1. The van der Waals surface area contributed by atoms with Crippen LogP contribution in [0.4, 0.5) is 5.69 Å². The Hall–Kier alpha value is -3.75. The summed E-state index contributed by atoms with van der Waals surface area (Å²) in [5.74, 6) is 0.952. The van der Waals surface area contributed by atoms with Crippen LogP contribution in [-0.4, -0.2) is 21.4 Å². The van der Waals surface area contributed by atoms with Gasteiger partial charge in [-0.25, -0.2) is 8.42 Å². The third-order valence-electron chi connectivity index (χ3n) is 5.27. The van der Waals surface area contributed by atoms with Gasteiger partial charge in [0.1, 0.15) is 23.9 Å². The molecule has 0 atom stereocenters. The summed E-state index contributed by atoms with van der Waals surface area (Å²) in [5, 5.41) is 3.09. The molecule has 1 aromatic heterocycles. The number of anilines is 1. The summed E-state index contributed by atoms with van der Waals surface area (Å²) >= 11 is 5.88. The molecule has 0 unspecified atom stereocenters. The molecule has 186 valence electrons. The molecular weight excluding hydrogens is 502 g/mol. The highest BCUT2D eigenvalue weighted by atomic mass is 35.5. The van der Waals surface area contributed by atoms with Crippen LogP contribution < -0.4 is 14.8 Å². The number of furan rings is 1. The maximum absolute atomic E-state index is 13.1. The lowest BCUT2D eigenvalue weighted by Gasteiger charge is -2.11. The molecule has 0 saturated carbocycles. The fraction of sp³-hybridized carbons (Fsp3) is 0.148. The number of rotatable bonds is 8. The zero-order valence-corrected chi connectivity index (χ0v) is 21.4. The number of hydrogen-bond acceptors (Lipinski definition) is 6. The van der Waals surface area contributed by atoms with Gasteiger partial charge in [-0.3, -0.25) is 4.79 Å². The summed E-state index contributed by atoms with van der Waals surface area (Å²) in [6, 6.07) is 19.2. The number of aryl methyl sites for hydroxylation is 2. The van der Waals surface area contributed by atoms with Crippen LogP contribution in [0.15, 0.2) is 87.0 Å². The van der Waals surface area contributed by atoms with E-state index in [1.54, 1.807) is 6.07 Å². The van der Waals surface area contributed by atoms with Crippen molar-refractivity contribution in [2.24, 2.45) is 0 Å². The van der Waals surface area contributed by atoms with Gasteiger partial charge in [-0.2, -0.15) is 0 Å². The van der Waals surface area contributed by atoms with Crippen molar-refractivity contribution < 1.29 is 27.1 Å². The number of ether oxygens (including phenoxy) is 2. The number of nitrogens with one attached hydrogen (secondary N) is 1. The first-order chi connectivity index (χ1) is 17.1. The van der Waals surface area contributed by atoms with Crippen molar-refractivity contribution in [3.63, 3.8) is 0 Å². The Morgan fingerprint density at radius 1 is 0.889 bits per heavy atom. The first-order valence-corrected chi connectivity index (χ1v) is 12.8. The van der Waals surface area contributed by atoms with Gasteiger partial charge in [0.2, 0.25) is 9.84 Å². The minimum Gasteiger partial charge on any atom is -0.497 e. The van der Waals surface area contributed by atoms with Gasteiger partial charge in [-0.15, -0.1) is 0 Å². The summed E-state index contributed by atoms with van der Waals surface area (Å²) in [5.41, 5.74) is 2.40. The first-order valence-electron chi connectivity index (χ1n) is 10.9. The van der Waals surface area contributed by atoms with Gasteiger partial charge in [0.25, 0.3) is 5.91 Å². The highest BCUT2D eigenvalue weighted by molar-refractivity contribution is 7.91. The molecule has 0 saturated heterocycles. The average Bonchev–Trinajstić information content (AvgIpc) is 3.31. The fourth-order valence-electron chi connectivity index (χ4n) is 3.61. The monoisotopic (exact) mass is 525 g/mol. The van der Waals surface area contributed by atoms with Crippen LogP contribution in [0.25, 0.3) is 0 Å². The molecule has 0 aliphatic heterocycles. The number of sulfone groups is 1. The van der Waals surface area contributed by atoms with Crippen LogP contribution in [0, 0.1) is 13.8 Å². The molecule has 4 rings (SSSR count). The fourth-order valence-corrected chi connectivity index (χ4v) is 5.05. The molecule has 0 fully saturated rings. The van der Waals surface area contributed by atoms with E-state index in [4.69, 9.17) is 25.5 Å². The molecule has 1 heterocycles. The minimum absolute atomic E-state index is 0.0403. The van der Waals surface area contributed by atoms with E-state index in [-0.39, 0.29) is 33.6 Å². The summed E-state index contributed by atoms with van der Waals surface area (Å²) in [7, 11) is -2.47. The molecule has 9 heteroatoms. The Morgan fingerprint density at radius 3 is 2.25 bits per heavy atom. The maximum atomic E-state index is 13.1. The van der Waals surface area contributed by atoms with E-state index in [9.17, 15) is 13.2 Å². The van der Waals surface area contributed by atoms with Gasteiger partial charge in [-0.05, 0) is 85.6 Å². The van der Waals surface area contributed by atoms with Crippen LogP contribution >= 0.6 is 11.6 Å². The van der Waals surface area contributed by atoms with E-state index in [2.05, 4.69) is 5.32 Å². The van der Waals surface area contributed by atoms with Crippen molar-refractivity contribution in [1.82, 2.24) is 0 Å². The maximum Gasteiger partial charge on any atom is 0.291 e. The summed E-state index contributed by atoms with van der Waals surface area (Å²) in [6.45, 7) is 4.12. The van der Waals surface area contributed by atoms with Crippen molar-refractivity contribution in [1.29, 1.82) is 0 Å². The number of methoxy groups -OCH3 is 1. The van der Waals surface area contributed by atoms with Crippen molar-refractivity contribution >= 4 is 33.0 Å². The van der Waals surface area contributed by atoms with E-state index < -0.39 is 15.7 Å². The number of carbonyl (C=O) groups excluding carboxylic acids is 1. The van der Waals surface area contributed by atoms with Crippen molar-refractivity contribution in [2.75, 3.05) is 12.4 Å². The van der Waals surface area contributed by atoms with Crippen LogP contribution in [0.2, 0.25) is 5.02 Å². The largest absolute Gasteiger partial charge is 0.497 e. The van der Waals surface area contributed by atoms with Gasteiger partial charge < -0.3 is 19.2 Å². The van der Waals surface area contributed by atoms with Crippen molar-refractivity contribution in [3.8, 4) is 11.5 Å². The smallest absolute Gasteiger partial charge is 0.291 e. The molecule has 4 aromatic rings. The molecule has 1 N–H and O–H groups in total. The Bertz CT molecular complexity index is 1490. The van der Waals surface area contributed by atoms with Gasteiger partial charge in [0.15, 0.2) is 5.76 Å². The normalized spacial score (nSPS) is 11.2. The predicted molar refractivity (Wildman–Crippen MR) is 137 cm³/mol. The lowest BCUT2D eigenvalue weighted by molar-refractivity contribution is 0.0992. The number of benzene rings is 3. The minimum atomic E-state index is -3.88. The van der Waals surface area contributed by atoms with Crippen LogP contribution in [-0.2, 0) is 16.4 Å². The van der Waals surface area contributed by atoms with E-state index >= 15 is 0 Å². The zero-order valence-electron chi connectivity index (χ0n) is 19.9. The third kappa shape index (κ3) is 5.90. The molecule has 0 spiro atoms. The average molecular weight is 526 g/mol. The highest BCUT2D eigenvalue weighted by Gasteiger charge is 2.21. The highest BCUT2D eigenvalue weighted by Crippen LogP contribution is 2.29. The molecule has 1 amide bonds. The van der Waals surface area contributed by atoms with Gasteiger partial charge in [-0.1, -0.05) is 17.7 Å². The van der Waals surface area contributed by atoms with Gasteiger partial charge in [0.05, 0.1) is 16.9 Å². The standard InChI is InChI=1S/C27H24ClNO6S/c1-17-10-18(2)12-23(11-17)34-16-21-6-9-26(35-21)27(30)29-20-13-22(33-3)15-25(14-20)36(31,32)24-7-4-19(28)5-8-24/h4-15H,16H2,1-3H3,(H,29,30). The summed E-state index contributed by atoms with van der Waals surface area (Å²) < 4.78 is 42.9. The second kappa shape index (κ2) is 10.5. The number of amides is 1. The molecule has 7 nitrogen and oxygen atoms in total. The van der Waals surface area contributed by atoms with Crippen LogP contribution in [0.5, 0.6) is 11.5 Å². The summed E-state index contributed by atoms with van der Waals surface area (Å²) in [6.07, 6.45) is 0. The molecule has 0 aliphatic carbocycles. The Kier molecular flexibility index (Phi) is 7.37. The molecule has 0 bridgehead atoms. The molecule has 36 heavy (non-hydrogen) atoms. The SMILES string of the molecule is COc1cc(NC(=O)c2ccc(COc3cc(C)cc(C)c3)o2)cc(S(=O)(=O)c2ccc(Cl)cc2)c1. The predicted octanol–water partition coefficient (Wildman–Crippen LogP) is 6.22. The summed E-state index contributed by atoms with van der Waals surface area (Å²) in [4.78, 5) is 12.8. The van der Waals surface area contributed by atoms with Crippen LogP contribution in [0.3, 0.4) is 0 Å². The second-order valence-electron chi connectivity index (χ2n) is 8.19. The first kappa shape index (κ1) is 25.3. The number of hydrogen-bond donors (Lipinski definition) is 1. The van der Waals surface area contributed by atoms with Gasteiger partial charge in [0, 0.05) is 16.8 Å². The topological polar surface area (TPSA) is 94.8 Å². The lowest BCUT2D eigenvalue weighted by Crippen LogP contribution is -2.12. The zero-order chi connectivity index (χ0) is 25.9. The molecule has 3 aromatic carbocycles. The third-order valence-corrected chi connectivity index (χ3v) is 7.27. The second-order valence-corrected chi connectivity index (χ2v) is 10.6. The van der Waals surface area contributed by atoms with E-state index in [1.807, 2.05) is 32.0 Å². The Morgan fingerprint density at radius 2 is 1.58 bits per heavy atom. The van der Waals surface area contributed by atoms with E-state index in [0.29, 0.717) is 16.5 Å².